The van der Waals surface area contributed by atoms with Crippen molar-refractivity contribution in [3.63, 3.8) is 0 Å². The van der Waals surface area contributed by atoms with Crippen molar-refractivity contribution in [2.24, 2.45) is 0 Å². The Labute approximate surface area is 146 Å². The summed E-state index contributed by atoms with van der Waals surface area (Å²) in [6, 6.07) is 15.7. The van der Waals surface area contributed by atoms with Gasteiger partial charge in [-0.15, -0.1) is 0 Å². The molecule has 0 radical (unpaired) electrons. The van der Waals surface area contributed by atoms with Crippen LogP contribution in [0.15, 0.2) is 54.6 Å². The molecule has 1 aromatic heterocycles. The molecule has 2 N–H and O–H groups in total. The number of rotatable bonds is 5. The summed E-state index contributed by atoms with van der Waals surface area (Å²) in [6.07, 6.45) is 0.704. The maximum atomic E-state index is 13.1. The minimum absolute atomic E-state index is 0.184. The zero-order valence-corrected chi connectivity index (χ0v) is 14.2. The first-order valence-corrected chi connectivity index (χ1v) is 8.27. The largest absolute Gasteiger partial charge is 0.344 e. The van der Waals surface area contributed by atoms with Gasteiger partial charge in [-0.1, -0.05) is 49.4 Å². The number of H-pyrrole nitrogens is 1. The van der Waals surface area contributed by atoms with Crippen LogP contribution >= 0.6 is 0 Å². The van der Waals surface area contributed by atoms with Gasteiger partial charge in [0.05, 0.1) is 11.7 Å². The molecule has 1 unspecified atom stereocenters. The number of benzene rings is 2. The Morgan fingerprint density at radius 1 is 1.16 bits per heavy atom. The van der Waals surface area contributed by atoms with Gasteiger partial charge in [0.1, 0.15) is 11.5 Å². The topological polar surface area (TPSA) is 57.8 Å². The Balaban J connectivity index is 1.81. The van der Waals surface area contributed by atoms with Crippen LogP contribution in [0.4, 0.5) is 4.39 Å². The van der Waals surface area contributed by atoms with Gasteiger partial charge in [-0.2, -0.15) is 5.10 Å². The Kier molecular flexibility index (Phi) is 4.93. The number of nitrogens with zero attached hydrogens (tertiary/aromatic N) is 1. The van der Waals surface area contributed by atoms with Gasteiger partial charge in [0.2, 0.25) is 0 Å². The molecule has 0 saturated heterocycles. The van der Waals surface area contributed by atoms with E-state index in [1.165, 1.54) is 12.1 Å². The number of aromatic amines is 1. The van der Waals surface area contributed by atoms with E-state index in [9.17, 15) is 9.18 Å². The average molecular weight is 337 g/mol. The Morgan fingerprint density at radius 3 is 2.48 bits per heavy atom. The average Bonchev–Trinajstić information content (AvgIpc) is 3.02. The van der Waals surface area contributed by atoms with E-state index >= 15 is 0 Å². The molecule has 0 spiro atoms. The molecular weight excluding hydrogens is 317 g/mol. The van der Waals surface area contributed by atoms with Gasteiger partial charge in [-0.3, -0.25) is 9.89 Å². The van der Waals surface area contributed by atoms with Crippen LogP contribution in [0.2, 0.25) is 0 Å². The maximum absolute atomic E-state index is 13.1. The van der Waals surface area contributed by atoms with Crippen LogP contribution in [-0.2, 0) is 0 Å². The predicted octanol–water partition coefficient (Wildman–Crippen LogP) is 4.41. The van der Waals surface area contributed by atoms with Gasteiger partial charge in [-0.05, 0) is 31.0 Å². The number of hydrogen-bond acceptors (Lipinski definition) is 2. The van der Waals surface area contributed by atoms with Crippen LogP contribution in [-0.4, -0.2) is 16.1 Å². The van der Waals surface area contributed by atoms with E-state index < -0.39 is 0 Å². The molecule has 3 aromatic rings. The number of amides is 1. The van der Waals surface area contributed by atoms with E-state index in [-0.39, 0.29) is 17.8 Å². The van der Waals surface area contributed by atoms with Crippen LogP contribution in [0, 0.1) is 12.7 Å². The van der Waals surface area contributed by atoms with E-state index in [1.807, 2.05) is 44.2 Å². The fourth-order valence-electron chi connectivity index (χ4n) is 2.84. The molecular formula is C20H20FN3O. The number of aromatic nitrogens is 2. The maximum Gasteiger partial charge on any atom is 0.270 e. The summed E-state index contributed by atoms with van der Waals surface area (Å²) in [4.78, 5) is 12.7. The number of carbonyl (C=O) groups excluding carboxylic acids is 1. The standard InChI is InChI=1S/C20H20FN3O/c1-3-17(14-9-11-16(21)12-10-14)22-20(25)19-13(2)18(23-24-19)15-7-5-4-6-8-15/h4-12,17H,3H2,1-2H3,(H,22,25)(H,23,24). The highest BCUT2D eigenvalue weighted by atomic mass is 19.1. The zero-order chi connectivity index (χ0) is 17.8. The van der Waals surface area contributed by atoms with Gasteiger partial charge >= 0.3 is 0 Å². The highest BCUT2D eigenvalue weighted by Gasteiger charge is 2.20. The zero-order valence-electron chi connectivity index (χ0n) is 14.2. The summed E-state index contributed by atoms with van der Waals surface area (Å²) in [5, 5.41) is 10.1. The molecule has 128 valence electrons. The van der Waals surface area contributed by atoms with Crippen LogP contribution in [0.25, 0.3) is 11.3 Å². The van der Waals surface area contributed by atoms with Crippen LogP contribution in [0.5, 0.6) is 0 Å². The van der Waals surface area contributed by atoms with Crippen molar-refractivity contribution < 1.29 is 9.18 Å². The molecule has 5 heteroatoms. The molecule has 1 amide bonds. The summed E-state index contributed by atoms with van der Waals surface area (Å²) in [6.45, 7) is 3.85. The van der Waals surface area contributed by atoms with Crippen molar-refractivity contribution in [3.8, 4) is 11.3 Å². The summed E-state index contributed by atoms with van der Waals surface area (Å²) in [5.41, 5.74) is 3.84. The number of halogens is 1. The predicted molar refractivity (Wildman–Crippen MR) is 95.7 cm³/mol. The van der Waals surface area contributed by atoms with Gasteiger partial charge < -0.3 is 5.32 Å². The first-order chi connectivity index (χ1) is 12.1. The van der Waals surface area contributed by atoms with E-state index in [0.29, 0.717) is 12.1 Å². The third-order valence-corrected chi connectivity index (χ3v) is 4.27. The lowest BCUT2D eigenvalue weighted by molar-refractivity contribution is 0.0930. The van der Waals surface area contributed by atoms with Crippen LogP contribution in [0.3, 0.4) is 0 Å². The lowest BCUT2D eigenvalue weighted by Crippen LogP contribution is -2.29. The first-order valence-electron chi connectivity index (χ1n) is 8.27. The molecule has 1 atom stereocenters. The van der Waals surface area contributed by atoms with Gasteiger partial charge in [0, 0.05) is 11.1 Å². The molecule has 0 aliphatic heterocycles. The van der Waals surface area contributed by atoms with Crippen LogP contribution in [0.1, 0.15) is 41.0 Å². The third-order valence-electron chi connectivity index (χ3n) is 4.27. The second kappa shape index (κ2) is 7.30. The monoisotopic (exact) mass is 337 g/mol. The third kappa shape index (κ3) is 3.60. The highest BCUT2D eigenvalue weighted by Crippen LogP contribution is 2.24. The quantitative estimate of drug-likeness (QED) is 0.725. The first kappa shape index (κ1) is 16.9. The Hall–Kier alpha value is -2.95. The fourth-order valence-corrected chi connectivity index (χ4v) is 2.84. The Morgan fingerprint density at radius 2 is 1.84 bits per heavy atom. The number of nitrogens with one attached hydrogen (secondary N) is 2. The van der Waals surface area contributed by atoms with E-state index in [4.69, 9.17) is 0 Å². The Bertz CT molecular complexity index is 856. The van der Waals surface area contributed by atoms with Crippen molar-refractivity contribution in [2.75, 3.05) is 0 Å². The minimum Gasteiger partial charge on any atom is -0.344 e. The van der Waals surface area contributed by atoms with Crippen molar-refractivity contribution in [2.45, 2.75) is 26.3 Å². The second-order valence-corrected chi connectivity index (χ2v) is 5.92. The van der Waals surface area contributed by atoms with E-state index in [2.05, 4.69) is 15.5 Å². The minimum atomic E-state index is -0.290. The molecule has 0 aliphatic rings. The van der Waals surface area contributed by atoms with Crippen molar-refractivity contribution >= 4 is 5.91 Å². The van der Waals surface area contributed by atoms with E-state index in [1.54, 1.807) is 12.1 Å². The fraction of sp³-hybridized carbons (Fsp3) is 0.200. The van der Waals surface area contributed by atoms with Gasteiger partial charge in [0.15, 0.2) is 0 Å². The molecule has 25 heavy (non-hydrogen) atoms. The summed E-state index contributed by atoms with van der Waals surface area (Å²) >= 11 is 0. The van der Waals surface area contributed by atoms with Crippen molar-refractivity contribution in [1.29, 1.82) is 0 Å². The lowest BCUT2D eigenvalue weighted by Gasteiger charge is -2.17. The molecule has 4 nitrogen and oxygen atoms in total. The summed E-state index contributed by atoms with van der Waals surface area (Å²) < 4.78 is 13.1. The van der Waals surface area contributed by atoms with Gasteiger partial charge in [0.25, 0.3) is 5.91 Å². The van der Waals surface area contributed by atoms with Crippen LogP contribution < -0.4 is 5.32 Å². The molecule has 0 aliphatic carbocycles. The highest BCUT2D eigenvalue weighted by molar-refractivity contribution is 5.95. The van der Waals surface area contributed by atoms with Crippen molar-refractivity contribution in [3.05, 3.63) is 77.2 Å². The molecule has 2 aromatic carbocycles. The van der Waals surface area contributed by atoms with Gasteiger partial charge in [-0.25, -0.2) is 4.39 Å². The van der Waals surface area contributed by atoms with Crippen molar-refractivity contribution in [1.82, 2.24) is 15.5 Å². The number of carbonyl (C=O) groups is 1. The SMILES string of the molecule is CCC(NC(=O)c1[nH]nc(-c2ccccc2)c1C)c1ccc(F)cc1. The second-order valence-electron chi connectivity index (χ2n) is 5.92. The molecule has 3 rings (SSSR count). The smallest absolute Gasteiger partial charge is 0.270 e. The normalized spacial score (nSPS) is 12.0. The molecule has 1 heterocycles. The van der Waals surface area contributed by atoms with E-state index in [0.717, 1.165) is 22.4 Å². The number of hydrogen-bond donors (Lipinski definition) is 2. The molecule has 0 saturated carbocycles. The lowest BCUT2D eigenvalue weighted by atomic mass is 10.0. The summed E-state index contributed by atoms with van der Waals surface area (Å²) in [5.74, 6) is -0.509. The molecule has 0 bridgehead atoms. The summed E-state index contributed by atoms with van der Waals surface area (Å²) in [7, 11) is 0. The molecule has 0 fully saturated rings.